The zero-order valence-corrected chi connectivity index (χ0v) is 17.9. The number of aliphatic hydroxyl groups excluding tert-OH is 2. The maximum atomic E-state index is 11.4. The Balaban J connectivity index is 1.58. The van der Waals surface area contributed by atoms with Gasteiger partial charge in [0.15, 0.2) is 0 Å². The quantitative estimate of drug-likeness (QED) is 0.627. The highest BCUT2D eigenvalue weighted by molar-refractivity contribution is 5.66. The lowest BCUT2D eigenvalue weighted by Crippen LogP contribution is -2.61. The summed E-state index contributed by atoms with van der Waals surface area (Å²) in [6.07, 6.45) is 6.02. The fourth-order valence-electron chi connectivity index (χ4n) is 8.37. The molecule has 0 amide bonds. The van der Waals surface area contributed by atoms with E-state index in [-0.39, 0.29) is 23.4 Å². The Kier molecular flexibility index (Phi) is 4.92. The predicted molar refractivity (Wildman–Crippen MR) is 105 cm³/mol. The minimum Gasteiger partial charge on any atom is -0.463 e. The Morgan fingerprint density at radius 2 is 1.79 bits per heavy atom. The number of hydrogen-bond donors (Lipinski definition) is 3. The Hall–Kier alpha value is -0.650. The summed E-state index contributed by atoms with van der Waals surface area (Å²) in [5.74, 6) is 1.75. The molecular weight excluding hydrogens is 356 g/mol. The molecule has 0 aromatic heterocycles. The Labute approximate surface area is 168 Å². The van der Waals surface area contributed by atoms with Crippen LogP contribution < -0.4 is 0 Å². The van der Waals surface area contributed by atoms with Gasteiger partial charge in [-0.3, -0.25) is 4.79 Å². The number of aliphatic hydroxyl groups is 3. The number of carbonyl (C=O) groups is 1. The molecule has 4 aliphatic carbocycles. The van der Waals surface area contributed by atoms with Gasteiger partial charge in [0, 0.05) is 12.3 Å². The molecule has 4 fully saturated rings. The first-order chi connectivity index (χ1) is 13.0. The van der Waals surface area contributed by atoms with Crippen LogP contribution in [0, 0.1) is 34.5 Å². The minimum atomic E-state index is -1.41. The molecule has 0 heterocycles. The van der Waals surface area contributed by atoms with Gasteiger partial charge in [-0.15, -0.1) is 0 Å². The summed E-state index contributed by atoms with van der Waals surface area (Å²) in [5, 5.41) is 32.5. The average molecular weight is 395 g/mol. The zero-order valence-electron chi connectivity index (χ0n) is 17.9. The molecule has 0 bridgehead atoms. The lowest BCUT2D eigenvalue weighted by atomic mass is 9.44. The van der Waals surface area contributed by atoms with Gasteiger partial charge in [-0.05, 0) is 87.4 Å². The summed E-state index contributed by atoms with van der Waals surface area (Å²) in [6.45, 7) is 7.66. The molecule has 3 N–H and O–H groups in total. The fraction of sp³-hybridized carbons (Fsp3) is 0.957. The van der Waals surface area contributed by atoms with Crippen molar-refractivity contribution >= 4 is 5.97 Å². The van der Waals surface area contributed by atoms with Crippen LogP contribution in [0.3, 0.4) is 0 Å². The fourth-order valence-corrected chi connectivity index (χ4v) is 8.37. The van der Waals surface area contributed by atoms with E-state index in [0.717, 1.165) is 44.9 Å². The van der Waals surface area contributed by atoms with Crippen LogP contribution in [0.25, 0.3) is 0 Å². The molecule has 0 aromatic carbocycles. The van der Waals surface area contributed by atoms with E-state index >= 15 is 0 Å². The maximum Gasteiger partial charge on any atom is 0.302 e. The Bertz CT molecular complexity index is 634. The first-order valence-corrected chi connectivity index (χ1v) is 11.3. The molecule has 5 heteroatoms. The summed E-state index contributed by atoms with van der Waals surface area (Å²) >= 11 is 0. The summed E-state index contributed by atoms with van der Waals surface area (Å²) in [4.78, 5) is 11.4. The lowest BCUT2D eigenvalue weighted by molar-refractivity contribution is -0.209. The van der Waals surface area contributed by atoms with Crippen molar-refractivity contribution in [1.29, 1.82) is 0 Å². The van der Waals surface area contributed by atoms with Gasteiger partial charge in [0.1, 0.15) is 11.7 Å². The molecule has 0 radical (unpaired) electrons. The average Bonchev–Trinajstić information content (AvgIpc) is 2.83. The highest BCUT2D eigenvalue weighted by Crippen LogP contribution is 2.68. The van der Waals surface area contributed by atoms with Gasteiger partial charge >= 0.3 is 5.97 Å². The molecule has 0 aliphatic heterocycles. The third-order valence-electron chi connectivity index (χ3n) is 9.88. The second-order valence-corrected chi connectivity index (χ2v) is 10.9. The van der Waals surface area contributed by atoms with Crippen LogP contribution in [-0.4, -0.2) is 45.2 Å². The van der Waals surface area contributed by atoms with Crippen molar-refractivity contribution in [2.45, 2.75) is 103 Å². The Morgan fingerprint density at radius 3 is 2.43 bits per heavy atom. The van der Waals surface area contributed by atoms with Crippen molar-refractivity contribution in [3.8, 4) is 0 Å². The van der Waals surface area contributed by atoms with Crippen LogP contribution in [0.1, 0.15) is 79.1 Å². The first kappa shape index (κ1) is 20.6. The first-order valence-electron chi connectivity index (χ1n) is 11.3. The molecule has 0 saturated heterocycles. The number of hydrogen-bond acceptors (Lipinski definition) is 5. The smallest absolute Gasteiger partial charge is 0.302 e. The van der Waals surface area contributed by atoms with Gasteiger partial charge in [-0.2, -0.15) is 0 Å². The van der Waals surface area contributed by atoms with Gasteiger partial charge < -0.3 is 20.1 Å². The molecule has 0 unspecified atom stereocenters. The highest BCUT2D eigenvalue weighted by Gasteiger charge is 2.69. The van der Waals surface area contributed by atoms with Crippen molar-refractivity contribution in [1.82, 2.24) is 0 Å². The standard InChI is InChI=1S/C23H38O5/c1-13(24)23(27)20(26)12-19-17-6-5-15-11-16(28-14(2)25)7-9-21(15,3)18(17)8-10-22(19,23)4/h13,15-20,24,26-27H,5-12H2,1-4H3/t13-,15+,16+,17+,18-,19+,20-,21+,22+,23-/m1/s1. The van der Waals surface area contributed by atoms with Gasteiger partial charge in [-0.25, -0.2) is 0 Å². The SMILES string of the molecule is CC(=O)O[C@H]1CC[C@@]2(C)[C@@H](CC[C@H]3[C@H]2CC[C@@]2(C)[C@H]3C[C@@H](O)[C@]2(O)[C@@H](C)O)C1. The second-order valence-electron chi connectivity index (χ2n) is 10.9. The number of rotatable bonds is 2. The van der Waals surface area contributed by atoms with Crippen molar-refractivity contribution in [3.63, 3.8) is 0 Å². The molecule has 4 rings (SSSR count). The number of esters is 1. The van der Waals surface area contributed by atoms with Crippen molar-refractivity contribution in [2.24, 2.45) is 34.5 Å². The molecular formula is C23H38O5. The number of carbonyl (C=O) groups excluding carboxylic acids is 1. The summed E-state index contributed by atoms with van der Waals surface area (Å²) < 4.78 is 5.54. The Morgan fingerprint density at radius 1 is 1.07 bits per heavy atom. The maximum absolute atomic E-state index is 11.4. The number of ether oxygens (including phenoxy) is 1. The van der Waals surface area contributed by atoms with Crippen LogP contribution >= 0.6 is 0 Å². The van der Waals surface area contributed by atoms with E-state index in [9.17, 15) is 20.1 Å². The minimum absolute atomic E-state index is 0.0645. The second kappa shape index (κ2) is 6.68. The molecule has 4 saturated carbocycles. The van der Waals surface area contributed by atoms with Gasteiger partial charge in [0.25, 0.3) is 0 Å². The van der Waals surface area contributed by atoms with Crippen LogP contribution in [0.2, 0.25) is 0 Å². The van der Waals surface area contributed by atoms with Crippen LogP contribution in [0.4, 0.5) is 0 Å². The van der Waals surface area contributed by atoms with E-state index in [2.05, 4.69) is 13.8 Å². The summed E-state index contributed by atoms with van der Waals surface area (Å²) in [5.41, 5.74) is -1.59. The third-order valence-corrected chi connectivity index (χ3v) is 9.88. The van der Waals surface area contributed by atoms with E-state index in [4.69, 9.17) is 4.74 Å². The van der Waals surface area contributed by atoms with Crippen molar-refractivity contribution in [3.05, 3.63) is 0 Å². The number of fused-ring (bicyclic) bond motifs is 5. The topological polar surface area (TPSA) is 87.0 Å². The highest BCUT2D eigenvalue weighted by atomic mass is 16.5. The van der Waals surface area contributed by atoms with E-state index in [1.165, 1.54) is 6.92 Å². The van der Waals surface area contributed by atoms with E-state index in [1.54, 1.807) is 6.92 Å². The van der Waals surface area contributed by atoms with Gasteiger partial charge in [-0.1, -0.05) is 13.8 Å². The monoisotopic (exact) mass is 394 g/mol. The molecule has 160 valence electrons. The largest absolute Gasteiger partial charge is 0.463 e. The molecule has 4 aliphatic rings. The summed E-state index contributed by atoms with van der Waals surface area (Å²) in [6, 6.07) is 0. The van der Waals surface area contributed by atoms with Gasteiger partial charge in [0.2, 0.25) is 0 Å². The van der Waals surface area contributed by atoms with Crippen molar-refractivity contribution in [2.75, 3.05) is 0 Å². The predicted octanol–water partition coefficient (Wildman–Crippen LogP) is 3.04. The van der Waals surface area contributed by atoms with Crippen LogP contribution in [-0.2, 0) is 9.53 Å². The normalized spacial score (nSPS) is 54.2. The zero-order chi connectivity index (χ0) is 20.5. The van der Waals surface area contributed by atoms with E-state index < -0.39 is 23.2 Å². The van der Waals surface area contributed by atoms with E-state index in [1.807, 2.05) is 0 Å². The lowest BCUT2D eigenvalue weighted by Gasteiger charge is -2.61. The van der Waals surface area contributed by atoms with Crippen LogP contribution in [0.15, 0.2) is 0 Å². The summed E-state index contributed by atoms with van der Waals surface area (Å²) in [7, 11) is 0. The van der Waals surface area contributed by atoms with Crippen molar-refractivity contribution < 1.29 is 24.9 Å². The molecule has 28 heavy (non-hydrogen) atoms. The molecule has 0 spiro atoms. The van der Waals surface area contributed by atoms with Gasteiger partial charge in [0.05, 0.1) is 12.2 Å². The molecule has 5 nitrogen and oxygen atoms in total. The third kappa shape index (κ3) is 2.65. The molecule has 0 aromatic rings. The van der Waals surface area contributed by atoms with Crippen LogP contribution in [0.5, 0.6) is 0 Å². The van der Waals surface area contributed by atoms with E-state index in [0.29, 0.717) is 24.2 Å². The molecule has 10 atom stereocenters.